The zero-order chi connectivity index (χ0) is 13.8. The van der Waals surface area contributed by atoms with Crippen LogP contribution in [0.3, 0.4) is 0 Å². The van der Waals surface area contributed by atoms with Crippen LogP contribution >= 0.6 is 0 Å². The van der Waals surface area contributed by atoms with Gasteiger partial charge in [0.05, 0.1) is 12.6 Å². The van der Waals surface area contributed by atoms with Crippen LogP contribution in [0.1, 0.15) is 25.5 Å². The lowest BCUT2D eigenvalue weighted by molar-refractivity contribution is -0.122. The number of phenolic OH excluding ortho intramolecular Hbond substituents is 1. The molecule has 1 aromatic rings. The van der Waals surface area contributed by atoms with Gasteiger partial charge in [-0.2, -0.15) is 0 Å². The third-order valence-corrected chi connectivity index (χ3v) is 3.32. The van der Waals surface area contributed by atoms with Crippen molar-refractivity contribution in [3.8, 4) is 11.5 Å². The zero-order valence-electron chi connectivity index (χ0n) is 11.3. The maximum Gasteiger partial charge on any atom is 0.234 e. The molecule has 1 aliphatic rings. The summed E-state index contributed by atoms with van der Waals surface area (Å²) in [4.78, 5) is 13.8. The van der Waals surface area contributed by atoms with Gasteiger partial charge in [-0.3, -0.25) is 9.69 Å². The molecule has 1 heterocycles. The Kier molecular flexibility index (Phi) is 4.27. The van der Waals surface area contributed by atoms with E-state index < -0.39 is 0 Å². The largest absolute Gasteiger partial charge is 0.508 e. The standard InChI is InChI=1S/C14H20N2O3/c1-3-15-14(18)8-16(4-2)12-9-19-13-7-10(17)5-6-11(12)13/h5-7,12,17H,3-4,8-9H2,1-2H3,(H,15,18). The van der Waals surface area contributed by atoms with Crippen molar-refractivity contribution in [2.45, 2.75) is 19.9 Å². The van der Waals surface area contributed by atoms with Crippen molar-refractivity contribution in [3.05, 3.63) is 23.8 Å². The van der Waals surface area contributed by atoms with E-state index in [9.17, 15) is 9.90 Å². The van der Waals surface area contributed by atoms with E-state index in [2.05, 4.69) is 10.2 Å². The SMILES string of the molecule is CCNC(=O)CN(CC)C1COc2cc(O)ccc21. The molecule has 1 unspecified atom stereocenters. The number of aromatic hydroxyl groups is 1. The van der Waals surface area contributed by atoms with Crippen molar-refractivity contribution in [2.24, 2.45) is 0 Å². The highest BCUT2D eigenvalue weighted by Crippen LogP contribution is 2.37. The molecule has 0 bridgehead atoms. The number of carbonyl (C=O) groups excluding carboxylic acids is 1. The Balaban J connectivity index is 2.12. The maximum absolute atomic E-state index is 11.7. The average Bonchev–Trinajstić information content (AvgIpc) is 2.79. The summed E-state index contributed by atoms with van der Waals surface area (Å²) in [7, 11) is 0. The molecule has 1 aromatic carbocycles. The Bertz CT molecular complexity index is 462. The molecule has 5 heteroatoms. The lowest BCUT2D eigenvalue weighted by atomic mass is 10.1. The van der Waals surface area contributed by atoms with Crippen molar-refractivity contribution in [1.29, 1.82) is 0 Å². The van der Waals surface area contributed by atoms with Gasteiger partial charge in [0, 0.05) is 18.2 Å². The van der Waals surface area contributed by atoms with Gasteiger partial charge in [0.25, 0.3) is 0 Å². The van der Waals surface area contributed by atoms with Crippen molar-refractivity contribution >= 4 is 5.91 Å². The number of carbonyl (C=O) groups is 1. The number of fused-ring (bicyclic) bond motifs is 1. The molecule has 0 fully saturated rings. The van der Waals surface area contributed by atoms with Gasteiger partial charge in [0.15, 0.2) is 0 Å². The molecule has 0 saturated heterocycles. The van der Waals surface area contributed by atoms with Crippen LogP contribution in [0.15, 0.2) is 18.2 Å². The number of hydrogen-bond acceptors (Lipinski definition) is 4. The number of benzene rings is 1. The summed E-state index contributed by atoms with van der Waals surface area (Å²) in [6, 6.07) is 5.21. The van der Waals surface area contributed by atoms with E-state index in [0.717, 1.165) is 12.1 Å². The normalized spacial score (nSPS) is 17.1. The summed E-state index contributed by atoms with van der Waals surface area (Å²) in [6.07, 6.45) is 0. The van der Waals surface area contributed by atoms with Crippen LogP contribution in [0, 0.1) is 0 Å². The second-order valence-electron chi connectivity index (χ2n) is 4.57. The molecule has 2 rings (SSSR count). The van der Waals surface area contributed by atoms with E-state index in [4.69, 9.17) is 4.74 Å². The first kappa shape index (κ1) is 13.7. The molecule has 0 saturated carbocycles. The Labute approximate surface area is 113 Å². The highest BCUT2D eigenvalue weighted by molar-refractivity contribution is 5.78. The molecule has 1 atom stereocenters. The van der Waals surface area contributed by atoms with Gasteiger partial charge >= 0.3 is 0 Å². The van der Waals surface area contributed by atoms with Gasteiger partial charge in [0.1, 0.15) is 18.1 Å². The predicted octanol–water partition coefficient (Wildman–Crippen LogP) is 1.28. The van der Waals surface area contributed by atoms with Gasteiger partial charge in [-0.05, 0) is 25.6 Å². The summed E-state index contributed by atoms with van der Waals surface area (Å²) in [6.45, 7) is 6.22. The van der Waals surface area contributed by atoms with Gasteiger partial charge in [-0.1, -0.05) is 6.92 Å². The first-order chi connectivity index (χ1) is 9.15. The Morgan fingerprint density at radius 3 is 3.00 bits per heavy atom. The number of likely N-dealkylation sites (N-methyl/N-ethyl adjacent to an activating group) is 2. The summed E-state index contributed by atoms with van der Waals surface area (Å²) < 4.78 is 5.58. The quantitative estimate of drug-likeness (QED) is 0.841. The smallest absolute Gasteiger partial charge is 0.234 e. The second kappa shape index (κ2) is 5.93. The van der Waals surface area contributed by atoms with Crippen LogP contribution in [0.5, 0.6) is 11.5 Å². The number of phenols is 1. The molecule has 19 heavy (non-hydrogen) atoms. The number of ether oxygens (including phenoxy) is 1. The van der Waals surface area contributed by atoms with E-state index in [1.165, 1.54) is 0 Å². The molecule has 1 aliphatic heterocycles. The predicted molar refractivity (Wildman–Crippen MR) is 72.3 cm³/mol. The Morgan fingerprint density at radius 1 is 1.53 bits per heavy atom. The fourth-order valence-corrected chi connectivity index (χ4v) is 2.36. The zero-order valence-corrected chi connectivity index (χ0v) is 11.3. The minimum absolute atomic E-state index is 0.0246. The molecule has 5 nitrogen and oxygen atoms in total. The lowest BCUT2D eigenvalue weighted by Crippen LogP contribution is -2.39. The second-order valence-corrected chi connectivity index (χ2v) is 4.57. The molecular formula is C14H20N2O3. The van der Waals surface area contributed by atoms with E-state index in [1.807, 2.05) is 19.9 Å². The van der Waals surface area contributed by atoms with Crippen molar-refractivity contribution < 1.29 is 14.6 Å². The average molecular weight is 264 g/mol. The molecule has 2 N–H and O–H groups in total. The number of nitrogens with one attached hydrogen (secondary N) is 1. The molecule has 0 aliphatic carbocycles. The van der Waals surface area contributed by atoms with E-state index in [-0.39, 0.29) is 17.7 Å². The molecule has 1 amide bonds. The minimum atomic E-state index is 0.0246. The van der Waals surface area contributed by atoms with Gasteiger partial charge in [0.2, 0.25) is 5.91 Å². The monoisotopic (exact) mass is 264 g/mol. The number of rotatable bonds is 5. The third kappa shape index (κ3) is 2.98. The molecule has 104 valence electrons. The van der Waals surface area contributed by atoms with E-state index in [1.54, 1.807) is 12.1 Å². The first-order valence-electron chi connectivity index (χ1n) is 6.62. The summed E-state index contributed by atoms with van der Waals surface area (Å²) in [5, 5.41) is 12.2. The molecule has 0 radical (unpaired) electrons. The van der Waals surface area contributed by atoms with E-state index in [0.29, 0.717) is 25.4 Å². The van der Waals surface area contributed by atoms with Crippen LogP contribution in [0.25, 0.3) is 0 Å². The van der Waals surface area contributed by atoms with Gasteiger partial charge in [-0.15, -0.1) is 0 Å². The van der Waals surface area contributed by atoms with Gasteiger partial charge < -0.3 is 15.2 Å². The lowest BCUT2D eigenvalue weighted by Gasteiger charge is -2.25. The van der Waals surface area contributed by atoms with Crippen LogP contribution in [0.2, 0.25) is 0 Å². The Hall–Kier alpha value is -1.75. The van der Waals surface area contributed by atoms with Crippen molar-refractivity contribution in [1.82, 2.24) is 10.2 Å². The number of amides is 1. The molecular weight excluding hydrogens is 244 g/mol. The molecule has 0 spiro atoms. The van der Waals surface area contributed by atoms with E-state index >= 15 is 0 Å². The van der Waals surface area contributed by atoms with Crippen LogP contribution in [-0.4, -0.2) is 42.2 Å². The molecule has 0 aromatic heterocycles. The van der Waals surface area contributed by atoms with Crippen LogP contribution < -0.4 is 10.1 Å². The minimum Gasteiger partial charge on any atom is -0.508 e. The highest BCUT2D eigenvalue weighted by atomic mass is 16.5. The van der Waals surface area contributed by atoms with Crippen molar-refractivity contribution in [3.63, 3.8) is 0 Å². The first-order valence-corrected chi connectivity index (χ1v) is 6.62. The number of nitrogens with zero attached hydrogens (tertiary/aromatic N) is 1. The van der Waals surface area contributed by atoms with Crippen LogP contribution in [-0.2, 0) is 4.79 Å². The fourth-order valence-electron chi connectivity index (χ4n) is 2.36. The summed E-state index contributed by atoms with van der Waals surface area (Å²) in [5.74, 6) is 0.933. The van der Waals surface area contributed by atoms with Crippen LogP contribution in [0.4, 0.5) is 0 Å². The number of hydrogen-bond donors (Lipinski definition) is 2. The summed E-state index contributed by atoms with van der Waals surface area (Å²) >= 11 is 0. The fraction of sp³-hybridized carbons (Fsp3) is 0.500. The Morgan fingerprint density at radius 2 is 2.32 bits per heavy atom. The van der Waals surface area contributed by atoms with Gasteiger partial charge in [-0.25, -0.2) is 0 Å². The maximum atomic E-state index is 11.7. The topological polar surface area (TPSA) is 61.8 Å². The van der Waals surface area contributed by atoms with Crippen molar-refractivity contribution in [2.75, 3.05) is 26.2 Å². The summed E-state index contributed by atoms with van der Waals surface area (Å²) in [5.41, 5.74) is 1.03. The third-order valence-electron chi connectivity index (χ3n) is 3.32. The highest BCUT2D eigenvalue weighted by Gasteiger charge is 2.29.